The third-order valence-corrected chi connectivity index (χ3v) is 4.46. The second-order valence-corrected chi connectivity index (χ2v) is 6.25. The smallest absolute Gasteiger partial charge is 0.341 e. The van der Waals surface area contributed by atoms with Gasteiger partial charge in [0.2, 0.25) is 5.91 Å². The molecule has 142 valence electrons. The molecular weight excluding hydrogens is 356 g/mol. The van der Waals surface area contributed by atoms with E-state index in [0.717, 1.165) is 5.56 Å². The summed E-state index contributed by atoms with van der Waals surface area (Å²) in [5.41, 5.74) is 8.83. The minimum Gasteiger partial charge on any atom is -0.457 e. The molecule has 1 aromatic heterocycles. The van der Waals surface area contributed by atoms with E-state index >= 15 is 0 Å². The van der Waals surface area contributed by atoms with E-state index in [4.69, 9.17) is 10.5 Å². The summed E-state index contributed by atoms with van der Waals surface area (Å²) in [4.78, 5) is 38.8. The standard InChI is InChI=1S/C22H20N2O4/c1-2-17-19(22(27)28-13-14-7-4-3-5-8-14)18(12-25)24-20(17)15-9-6-10-16(11-15)21(23)26/h3-12,24H,2,13H2,1H3,(H2,23,26). The highest BCUT2D eigenvalue weighted by atomic mass is 16.5. The summed E-state index contributed by atoms with van der Waals surface area (Å²) in [7, 11) is 0. The van der Waals surface area contributed by atoms with Gasteiger partial charge in [-0.15, -0.1) is 0 Å². The fourth-order valence-electron chi connectivity index (χ4n) is 3.10. The Morgan fingerprint density at radius 2 is 1.86 bits per heavy atom. The highest BCUT2D eigenvalue weighted by Gasteiger charge is 2.24. The number of carbonyl (C=O) groups excluding carboxylic acids is 3. The Morgan fingerprint density at radius 3 is 2.50 bits per heavy atom. The first-order valence-corrected chi connectivity index (χ1v) is 8.86. The van der Waals surface area contributed by atoms with Gasteiger partial charge in [-0.2, -0.15) is 0 Å². The van der Waals surface area contributed by atoms with Crippen molar-refractivity contribution in [3.05, 3.63) is 82.5 Å². The van der Waals surface area contributed by atoms with Crippen LogP contribution in [0, 0.1) is 0 Å². The molecule has 0 unspecified atom stereocenters. The molecule has 1 amide bonds. The zero-order valence-corrected chi connectivity index (χ0v) is 15.4. The fourth-order valence-corrected chi connectivity index (χ4v) is 3.10. The van der Waals surface area contributed by atoms with Gasteiger partial charge in [0.1, 0.15) is 6.61 Å². The van der Waals surface area contributed by atoms with Crippen molar-refractivity contribution in [2.75, 3.05) is 0 Å². The van der Waals surface area contributed by atoms with Gasteiger partial charge in [0.05, 0.1) is 17.0 Å². The third kappa shape index (κ3) is 3.86. The molecule has 0 aliphatic heterocycles. The average molecular weight is 376 g/mol. The minimum atomic E-state index is -0.573. The SMILES string of the molecule is CCc1c(-c2cccc(C(N)=O)c2)[nH]c(C=O)c1C(=O)OCc1ccccc1. The lowest BCUT2D eigenvalue weighted by Gasteiger charge is -2.08. The molecule has 2 aromatic carbocycles. The number of nitrogens with two attached hydrogens (primary N) is 1. The molecule has 28 heavy (non-hydrogen) atoms. The molecule has 3 N–H and O–H groups in total. The van der Waals surface area contributed by atoms with Crippen LogP contribution in [0.4, 0.5) is 0 Å². The van der Waals surface area contributed by atoms with Crippen LogP contribution in [-0.4, -0.2) is 23.1 Å². The Balaban J connectivity index is 1.98. The molecule has 0 radical (unpaired) electrons. The number of esters is 1. The monoisotopic (exact) mass is 376 g/mol. The molecule has 0 saturated carbocycles. The molecular formula is C22H20N2O4. The Kier molecular flexibility index (Phi) is 5.69. The fraction of sp³-hybridized carbons (Fsp3) is 0.136. The maximum absolute atomic E-state index is 12.7. The van der Waals surface area contributed by atoms with E-state index in [-0.39, 0.29) is 17.9 Å². The lowest BCUT2D eigenvalue weighted by molar-refractivity contribution is 0.0469. The van der Waals surface area contributed by atoms with Crippen LogP contribution in [0.5, 0.6) is 0 Å². The van der Waals surface area contributed by atoms with Crippen molar-refractivity contribution in [1.82, 2.24) is 4.98 Å². The van der Waals surface area contributed by atoms with Crippen molar-refractivity contribution in [2.45, 2.75) is 20.0 Å². The van der Waals surface area contributed by atoms with Crippen molar-refractivity contribution in [2.24, 2.45) is 5.73 Å². The van der Waals surface area contributed by atoms with Gasteiger partial charge in [0.25, 0.3) is 0 Å². The number of ether oxygens (including phenoxy) is 1. The summed E-state index contributed by atoms with van der Waals surface area (Å²) in [5.74, 6) is -1.12. The van der Waals surface area contributed by atoms with Crippen LogP contribution in [-0.2, 0) is 17.8 Å². The van der Waals surface area contributed by atoms with Gasteiger partial charge in [-0.1, -0.05) is 49.4 Å². The number of carbonyl (C=O) groups is 3. The molecule has 1 heterocycles. The van der Waals surface area contributed by atoms with Crippen LogP contribution in [0.15, 0.2) is 54.6 Å². The molecule has 0 spiro atoms. The van der Waals surface area contributed by atoms with Crippen molar-refractivity contribution in [3.8, 4) is 11.3 Å². The molecule has 3 rings (SSSR count). The van der Waals surface area contributed by atoms with Crippen LogP contribution in [0.3, 0.4) is 0 Å². The van der Waals surface area contributed by atoms with Crippen LogP contribution >= 0.6 is 0 Å². The van der Waals surface area contributed by atoms with Crippen LogP contribution in [0.1, 0.15) is 49.3 Å². The largest absolute Gasteiger partial charge is 0.457 e. The van der Waals surface area contributed by atoms with E-state index in [1.807, 2.05) is 37.3 Å². The number of nitrogens with one attached hydrogen (secondary N) is 1. The van der Waals surface area contributed by atoms with Crippen LogP contribution in [0.25, 0.3) is 11.3 Å². The molecule has 6 heteroatoms. The predicted octanol–water partition coefficient (Wildman–Crippen LogP) is 3.51. The van der Waals surface area contributed by atoms with Gasteiger partial charge >= 0.3 is 5.97 Å². The van der Waals surface area contributed by atoms with E-state index < -0.39 is 11.9 Å². The number of aromatic amines is 1. The normalized spacial score (nSPS) is 10.5. The second-order valence-electron chi connectivity index (χ2n) is 6.25. The molecule has 0 aliphatic carbocycles. The maximum Gasteiger partial charge on any atom is 0.341 e. The van der Waals surface area contributed by atoms with Gasteiger partial charge < -0.3 is 15.5 Å². The summed E-state index contributed by atoms with van der Waals surface area (Å²) in [6.07, 6.45) is 1.09. The van der Waals surface area contributed by atoms with Crippen molar-refractivity contribution in [3.63, 3.8) is 0 Å². The Bertz CT molecular complexity index is 1020. The topological polar surface area (TPSA) is 102 Å². The quantitative estimate of drug-likeness (QED) is 0.486. The number of aldehydes is 1. The van der Waals surface area contributed by atoms with Crippen molar-refractivity contribution in [1.29, 1.82) is 0 Å². The first kappa shape index (κ1) is 19.1. The molecule has 3 aromatic rings. The number of hydrogen-bond acceptors (Lipinski definition) is 4. The van der Waals surface area contributed by atoms with Crippen LogP contribution < -0.4 is 5.73 Å². The Morgan fingerprint density at radius 1 is 1.11 bits per heavy atom. The zero-order chi connectivity index (χ0) is 20.1. The lowest BCUT2D eigenvalue weighted by atomic mass is 10.0. The molecule has 0 bridgehead atoms. The molecule has 0 saturated heterocycles. The highest BCUT2D eigenvalue weighted by Crippen LogP contribution is 2.30. The summed E-state index contributed by atoms with van der Waals surface area (Å²) in [6.45, 7) is 1.99. The molecule has 0 atom stereocenters. The molecule has 6 nitrogen and oxygen atoms in total. The summed E-state index contributed by atoms with van der Waals surface area (Å²) >= 11 is 0. The maximum atomic E-state index is 12.7. The van der Waals surface area contributed by atoms with Gasteiger partial charge in [0, 0.05) is 5.56 Å². The molecule has 0 aliphatic rings. The number of amides is 1. The van der Waals surface area contributed by atoms with Gasteiger partial charge in [-0.3, -0.25) is 9.59 Å². The van der Waals surface area contributed by atoms with E-state index in [1.54, 1.807) is 24.3 Å². The van der Waals surface area contributed by atoms with Crippen molar-refractivity contribution >= 4 is 18.2 Å². The molecule has 0 fully saturated rings. The number of H-pyrrole nitrogens is 1. The summed E-state index contributed by atoms with van der Waals surface area (Å²) < 4.78 is 5.42. The number of hydrogen-bond donors (Lipinski definition) is 2. The zero-order valence-electron chi connectivity index (χ0n) is 15.4. The minimum absolute atomic E-state index is 0.110. The first-order valence-electron chi connectivity index (χ1n) is 8.86. The number of aromatic nitrogens is 1. The second kappa shape index (κ2) is 8.35. The van der Waals surface area contributed by atoms with E-state index in [1.165, 1.54) is 0 Å². The highest BCUT2D eigenvalue weighted by molar-refractivity contribution is 6.01. The van der Waals surface area contributed by atoms with E-state index in [2.05, 4.69) is 4.98 Å². The predicted molar refractivity (Wildman–Crippen MR) is 105 cm³/mol. The summed E-state index contributed by atoms with van der Waals surface area (Å²) in [5, 5.41) is 0. The van der Waals surface area contributed by atoms with Crippen LogP contribution in [0.2, 0.25) is 0 Å². The van der Waals surface area contributed by atoms with Gasteiger partial charge in [0.15, 0.2) is 6.29 Å². The van der Waals surface area contributed by atoms with E-state index in [9.17, 15) is 14.4 Å². The van der Waals surface area contributed by atoms with Gasteiger partial charge in [-0.05, 0) is 35.2 Å². The summed E-state index contributed by atoms with van der Waals surface area (Å²) in [6, 6.07) is 16.0. The Hall–Kier alpha value is -3.67. The van der Waals surface area contributed by atoms with E-state index in [0.29, 0.717) is 35.1 Å². The average Bonchev–Trinajstić information content (AvgIpc) is 3.11. The number of benzene rings is 2. The third-order valence-electron chi connectivity index (χ3n) is 4.46. The number of rotatable bonds is 7. The lowest BCUT2D eigenvalue weighted by Crippen LogP contribution is -2.10. The first-order chi connectivity index (χ1) is 13.5. The Labute approximate surface area is 162 Å². The van der Waals surface area contributed by atoms with Crippen molar-refractivity contribution < 1.29 is 19.1 Å². The van der Waals surface area contributed by atoms with Gasteiger partial charge in [-0.25, -0.2) is 4.79 Å². The number of primary amides is 1.